The van der Waals surface area contributed by atoms with Crippen molar-refractivity contribution in [2.45, 2.75) is 32.7 Å². The van der Waals surface area contributed by atoms with E-state index in [-0.39, 0.29) is 17.0 Å². The van der Waals surface area contributed by atoms with Crippen molar-refractivity contribution >= 4 is 0 Å². The zero-order valence-electron chi connectivity index (χ0n) is 16.7. The molecule has 0 aromatic carbocycles. The molecule has 1 aliphatic heterocycles. The van der Waals surface area contributed by atoms with Gasteiger partial charge in [-0.1, -0.05) is 13.8 Å². The first-order valence-corrected chi connectivity index (χ1v) is 9.36. The van der Waals surface area contributed by atoms with Gasteiger partial charge in [-0.2, -0.15) is 5.26 Å². The van der Waals surface area contributed by atoms with E-state index in [1.54, 1.807) is 20.4 Å². The Kier molecular flexibility index (Phi) is 6.00. The Balaban J connectivity index is 2.09. The largest absolute Gasteiger partial charge is 0.488 e. The zero-order chi connectivity index (χ0) is 20.3. The lowest BCUT2D eigenvalue weighted by Crippen LogP contribution is -2.27. The molecular formula is C21H25N3O4. The topological polar surface area (TPSA) is 86.4 Å². The lowest BCUT2D eigenvalue weighted by Gasteiger charge is -2.33. The molecule has 0 radical (unpaired) electrons. The summed E-state index contributed by atoms with van der Waals surface area (Å²) >= 11 is 0. The monoisotopic (exact) mass is 383 g/mol. The molecule has 1 atom stereocenters. The molecule has 3 heterocycles. The maximum Gasteiger partial charge on any atom is 0.257 e. The van der Waals surface area contributed by atoms with E-state index in [4.69, 9.17) is 14.2 Å². The highest BCUT2D eigenvalue weighted by atomic mass is 16.5. The maximum atomic E-state index is 12.3. The second-order valence-electron chi connectivity index (χ2n) is 7.17. The van der Waals surface area contributed by atoms with Crippen LogP contribution in [0, 0.1) is 17.2 Å². The number of aromatic nitrogens is 2. The summed E-state index contributed by atoms with van der Waals surface area (Å²) < 4.78 is 18.3. The summed E-state index contributed by atoms with van der Waals surface area (Å²) in [6.45, 7) is 5.37. The van der Waals surface area contributed by atoms with E-state index in [1.807, 2.05) is 16.7 Å². The third-order valence-corrected chi connectivity index (χ3v) is 4.98. The minimum atomic E-state index is -0.301. The molecule has 0 bridgehead atoms. The fourth-order valence-corrected chi connectivity index (χ4v) is 3.51. The molecule has 0 amide bonds. The number of nitriles is 1. The molecule has 2 aromatic heterocycles. The SMILES string of the molecule is COCCCOc1cc2c(nc1OC)-c1cc(=O)c(C#N)cn1C(C(C)C)C2. The molecule has 0 saturated heterocycles. The van der Waals surface area contributed by atoms with Gasteiger partial charge in [0.25, 0.3) is 5.88 Å². The molecule has 0 N–H and O–H groups in total. The van der Waals surface area contributed by atoms with Crippen LogP contribution in [0.1, 0.15) is 37.4 Å². The van der Waals surface area contributed by atoms with Gasteiger partial charge in [0.15, 0.2) is 11.2 Å². The summed E-state index contributed by atoms with van der Waals surface area (Å²) in [5, 5.41) is 9.25. The fourth-order valence-electron chi connectivity index (χ4n) is 3.51. The van der Waals surface area contributed by atoms with Gasteiger partial charge in [0.05, 0.1) is 25.1 Å². The molecule has 7 nitrogen and oxygen atoms in total. The van der Waals surface area contributed by atoms with Gasteiger partial charge in [-0.25, -0.2) is 4.98 Å². The molecule has 1 aliphatic rings. The number of fused-ring (bicyclic) bond motifs is 3. The second kappa shape index (κ2) is 8.44. The van der Waals surface area contributed by atoms with E-state index in [2.05, 4.69) is 18.8 Å². The van der Waals surface area contributed by atoms with Gasteiger partial charge >= 0.3 is 0 Å². The van der Waals surface area contributed by atoms with Gasteiger partial charge < -0.3 is 18.8 Å². The first-order chi connectivity index (χ1) is 13.5. The molecule has 2 aromatic rings. The Morgan fingerprint density at radius 2 is 2.11 bits per heavy atom. The van der Waals surface area contributed by atoms with Gasteiger partial charge in [0.1, 0.15) is 11.6 Å². The van der Waals surface area contributed by atoms with Crippen LogP contribution in [0.2, 0.25) is 0 Å². The Morgan fingerprint density at radius 3 is 2.75 bits per heavy atom. The highest BCUT2D eigenvalue weighted by molar-refractivity contribution is 5.65. The average molecular weight is 383 g/mol. The van der Waals surface area contributed by atoms with Crippen molar-refractivity contribution < 1.29 is 14.2 Å². The molecular weight excluding hydrogens is 358 g/mol. The lowest BCUT2D eigenvalue weighted by atomic mass is 9.89. The van der Waals surface area contributed by atoms with E-state index in [1.165, 1.54) is 6.07 Å². The molecule has 3 rings (SSSR count). The molecule has 28 heavy (non-hydrogen) atoms. The Hall–Kier alpha value is -2.85. The number of rotatable bonds is 7. The molecule has 0 fully saturated rings. The number of ether oxygens (including phenoxy) is 3. The minimum Gasteiger partial charge on any atom is -0.488 e. The van der Waals surface area contributed by atoms with E-state index in [9.17, 15) is 10.1 Å². The van der Waals surface area contributed by atoms with Crippen LogP contribution >= 0.6 is 0 Å². The zero-order valence-corrected chi connectivity index (χ0v) is 16.7. The predicted molar refractivity (Wildman–Crippen MR) is 105 cm³/mol. The quantitative estimate of drug-likeness (QED) is 0.683. The summed E-state index contributed by atoms with van der Waals surface area (Å²) in [6.07, 6.45) is 3.15. The van der Waals surface area contributed by atoms with E-state index in [0.29, 0.717) is 42.1 Å². The van der Waals surface area contributed by atoms with Crippen molar-refractivity contribution in [2.75, 3.05) is 27.4 Å². The predicted octanol–water partition coefficient (Wildman–Crippen LogP) is 2.96. The summed E-state index contributed by atoms with van der Waals surface area (Å²) in [7, 11) is 3.20. The highest BCUT2D eigenvalue weighted by Gasteiger charge is 2.29. The van der Waals surface area contributed by atoms with Crippen LogP contribution in [0.3, 0.4) is 0 Å². The first-order valence-electron chi connectivity index (χ1n) is 9.36. The third kappa shape index (κ3) is 3.73. The van der Waals surface area contributed by atoms with Crippen LogP contribution in [0.15, 0.2) is 23.1 Å². The number of hydrogen-bond donors (Lipinski definition) is 0. The van der Waals surface area contributed by atoms with Gasteiger partial charge in [-0.15, -0.1) is 0 Å². The number of pyridine rings is 2. The Bertz CT molecular complexity index is 959. The molecule has 0 saturated carbocycles. The number of hydrogen-bond acceptors (Lipinski definition) is 6. The summed E-state index contributed by atoms with van der Waals surface area (Å²) in [5.41, 5.74) is 2.24. The molecule has 0 spiro atoms. The van der Waals surface area contributed by atoms with Crippen molar-refractivity contribution in [1.29, 1.82) is 5.26 Å². The fraction of sp³-hybridized carbons (Fsp3) is 0.476. The van der Waals surface area contributed by atoms with Crippen molar-refractivity contribution in [3.63, 3.8) is 0 Å². The van der Waals surface area contributed by atoms with E-state index >= 15 is 0 Å². The smallest absolute Gasteiger partial charge is 0.257 e. The summed E-state index contributed by atoms with van der Waals surface area (Å²) in [6, 6.07) is 5.55. The van der Waals surface area contributed by atoms with Crippen LogP contribution < -0.4 is 14.9 Å². The van der Waals surface area contributed by atoms with Crippen LogP contribution in [-0.4, -0.2) is 37.0 Å². The van der Waals surface area contributed by atoms with Gasteiger partial charge in [0.2, 0.25) is 0 Å². The van der Waals surface area contributed by atoms with Crippen molar-refractivity contribution in [1.82, 2.24) is 9.55 Å². The average Bonchev–Trinajstić information content (AvgIpc) is 2.69. The molecule has 1 unspecified atom stereocenters. The standard InChI is InChI=1S/C21H25N3O4/c1-13(2)16-8-14-9-19(28-7-5-6-26-3)21(27-4)23-20(14)17-10-18(25)15(11-22)12-24(16)17/h9-10,12-13,16H,5-8H2,1-4H3. The summed E-state index contributed by atoms with van der Waals surface area (Å²) in [5.74, 6) is 1.28. The molecule has 148 valence electrons. The van der Waals surface area contributed by atoms with Gasteiger partial charge in [0, 0.05) is 38.4 Å². The van der Waals surface area contributed by atoms with Crippen molar-refractivity contribution in [3.05, 3.63) is 39.7 Å². The van der Waals surface area contributed by atoms with E-state index in [0.717, 1.165) is 18.4 Å². The Morgan fingerprint density at radius 1 is 1.32 bits per heavy atom. The minimum absolute atomic E-state index is 0.117. The Labute approximate surface area is 164 Å². The van der Waals surface area contributed by atoms with Crippen molar-refractivity contribution in [2.24, 2.45) is 5.92 Å². The number of nitrogens with zero attached hydrogens (tertiary/aromatic N) is 3. The normalized spacial score (nSPS) is 14.9. The number of methoxy groups -OCH3 is 2. The van der Waals surface area contributed by atoms with Gasteiger partial charge in [-0.05, 0) is 24.0 Å². The van der Waals surface area contributed by atoms with Gasteiger partial charge in [-0.3, -0.25) is 4.79 Å². The van der Waals surface area contributed by atoms with Crippen LogP contribution in [0.25, 0.3) is 11.4 Å². The highest BCUT2D eigenvalue weighted by Crippen LogP contribution is 2.40. The molecule has 7 heteroatoms. The summed E-state index contributed by atoms with van der Waals surface area (Å²) in [4.78, 5) is 16.9. The van der Waals surface area contributed by atoms with Crippen LogP contribution in [0.4, 0.5) is 0 Å². The van der Waals surface area contributed by atoms with E-state index < -0.39 is 0 Å². The lowest BCUT2D eigenvalue weighted by molar-refractivity contribution is 0.170. The molecule has 0 aliphatic carbocycles. The third-order valence-electron chi connectivity index (χ3n) is 4.98. The van der Waals surface area contributed by atoms with Crippen LogP contribution in [-0.2, 0) is 11.2 Å². The first kappa shape index (κ1) is 19.9. The second-order valence-corrected chi connectivity index (χ2v) is 7.17. The van der Waals surface area contributed by atoms with Crippen LogP contribution in [0.5, 0.6) is 11.6 Å². The van der Waals surface area contributed by atoms with Crippen molar-refractivity contribution in [3.8, 4) is 29.1 Å². The maximum absolute atomic E-state index is 12.3.